The number of nitrogens with one attached hydrogen (secondary N) is 1. The van der Waals surface area contributed by atoms with Crippen LogP contribution in [0.15, 0.2) is 159 Å². The molecule has 6 aromatic carbocycles. The van der Waals surface area contributed by atoms with Gasteiger partial charge in [0.2, 0.25) is 11.5 Å². The number of carboxylic acids is 1. The summed E-state index contributed by atoms with van der Waals surface area (Å²) >= 11 is 0. The third-order valence-corrected chi connectivity index (χ3v) is 20.1. The predicted molar refractivity (Wildman–Crippen MR) is 468 cm³/mol. The lowest BCUT2D eigenvalue weighted by molar-refractivity contribution is 0.00956. The number of aliphatic hydroxyl groups excluding tert-OH is 1. The number of nitrogens with two attached hydrogens (primary N) is 1. The van der Waals surface area contributed by atoms with Gasteiger partial charge in [-0.3, -0.25) is 9.59 Å². The summed E-state index contributed by atoms with van der Waals surface area (Å²) in [6, 6.07) is 23.6. The number of aromatic nitrogens is 5. The number of pyridine rings is 1. The molecule has 43 heteroatoms. The molecule has 7 N–H and O–H groups in total. The molecule has 9 aromatic rings. The average molecular weight is 1910 g/mol. The zero-order valence-electron chi connectivity index (χ0n) is 75.3. The molecule has 6 fully saturated rings. The van der Waals surface area contributed by atoms with Crippen molar-refractivity contribution in [3.8, 4) is 52.3 Å². The van der Waals surface area contributed by atoms with E-state index in [0.29, 0.717) is 147 Å². The van der Waals surface area contributed by atoms with E-state index in [1.54, 1.807) is 26.6 Å². The van der Waals surface area contributed by atoms with Crippen molar-refractivity contribution >= 4 is 30.1 Å². The number of carbonyl (C=O) groups is 3. The number of hydrogen-bond acceptors (Lipinski definition) is 24. The minimum atomic E-state index is -1.03. The van der Waals surface area contributed by atoms with Crippen LogP contribution in [0.2, 0.25) is 0 Å². The zero-order chi connectivity index (χ0) is 98.8. The predicted octanol–water partition coefficient (Wildman–Crippen LogP) is 14.9. The number of halogens is 12. The number of carbonyl (C=O) groups excluding carboxylic acids is 2. The third-order valence-electron chi connectivity index (χ3n) is 20.1. The fraction of sp³-hybridized carbons (Fsp3) is 0.435. The lowest BCUT2D eigenvalue weighted by Crippen LogP contribution is -2.45. The Balaban J connectivity index is 0.000000194. The van der Waals surface area contributed by atoms with Gasteiger partial charge in [0.05, 0.1) is 11.7 Å². The Morgan fingerprint density at radius 1 is 0.474 bits per heavy atom. The lowest BCUT2D eigenvalue weighted by atomic mass is 10.1. The van der Waals surface area contributed by atoms with Crippen molar-refractivity contribution in [2.75, 3.05) is 83.4 Å². The molecule has 6 aliphatic rings. The molecular formula is C92H108F12N14O17. The molecule has 732 valence electrons. The monoisotopic (exact) mass is 1910 g/mol. The van der Waals surface area contributed by atoms with Crippen LogP contribution in [0.3, 0.4) is 0 Å². The van der Waals surface area contributed by atoms with E-state index < -0.39 is 92.7 Å². The van der Waals surface area contributed by atoms with E-state index in [0.717, 1.165) is 92.7 Å². The summed E-state index contributed by atoms with van der Waals surface area (Å²) in [5.41, 5.74) is 4.59. The molecule has 2 amide bonds. The van der Waals surface area contributed by atoms with E-state index in [2.05, 4.69) is 31.9 Å². The Bertz CT molecular complexity index is 5380. The number of phenolic OH excluding ortho intramolecular Hbond substituents is 1. The van der Waals surface area contributed by atoms with Crippen molar-refractivity contribution in [2.45, 2.75) is 166 Å². The molecule has 15 rings (SSSR count). The topological polar surface area (TPSA) is 383 Å². The quantitative estimate of drug-likeness (QED) is 0.0156. The van der Waals surface area contributed by atoms with Crippen LogP contribution in [-0.2, 0) is 23.6 Å². The Hall–Kier alpha value is -13.7. The number of nitrogens with zero attached hydrogens (tertiary/aromatic N) is 12. The number of benzene rings is 6. The summed E-state index contributed by atoms with van der Waals surface area (Å²) in [7, 11) is 3.05. The lowest BCUT2D eigenvalue weighted by Gasteiger charge is -2.33. The molecule has 0 atom stereocenters. The highest BCUT2D eigenvalue weighted by atomic mass is 19.2. The molecule has 135 heavy (non-hydrogen) atoms. The van der Waals surface area contributed by atoms with Gasteiger partial charge in [0.15, 0.2) is 6.19 Å². The van der Waals surface area contributed by atoms with E-state index in [1.165, 1.54) is 83.2 Å². The number of piperidine rings is 6. The first-order valence-corrected chi connectivity index (χ1v) is 42.9. The highest BCUT2D eigenvalue weighted by Crippen LogP contribution is 2.30. The van der Waals surface area contributed by atoms with Crippen LogP contribution in [0, 0.1) is 81.3 Å². The fourth-order valence-electron chi connectivity index (χ4n) is 13.6. The molecule has 31 nitrogen and oxygen atoms in total. The second-order valence-corrected chi connectivity index (χ2v) is 33.4. The van der Waals surface area contributed by atoms with E-state index in [4.69, 9.17) is 64.1 Å². The first kappa shape index (κ1) is 107. The van der Waals surface area contributed by atoms with Gasteiger partial charge >= 0.3 is 18.2 Å². The fourth-order valence-corrected chi connectivity index (χ4v) is 13.6. The Morgan fingerprint density at radius 2 is 0.800 bits per heavy atom. The maximum atomic E-state index is 13.3. The number of aliphatic hydroxyl groups is 1. The number of aromatic carboxylic acids is 1. The minimum Gasteiger partial charge on any atom is -0.508 e. The number of carboxylic acid groups (broad SMARTS) is 1. The SMILES string of the molecule is CC(C)(C)OC(=O)N1CCC(O)CC1.CC(C)(C)OC(=O)N1CCC(Oc2cc(F)cc(F)c2)CC1.Cn1cc(C(=O)O)ccc1=O.Cn1nc(-c2nc(N3CCC(Oc4cc(F)cc(F)c4)CC3)no2)ccc1=O.Fc1cc(F)cc(OC2CCNCC2)c1.N#CN1CCC(Oc2cc(F)cc(F)c2)CC1.NC(=NO)N1CCC(Oc2cc(F)cc(F)c2)CC1.Oc1cc(F)cc(F)c1. The number of oxime groups is 1. The molecule has 6 aliphatic heterocycles. The van der Waals surface area contributed by atoms with Gasteiger partial charge in [-0.25, -0.2) is 71.8 Å². The number of rotatable bonds is 13. The molecular weight excluding hydrogens is 1800 g/mol. The van der Waals surface area contributed by atoms with Crippen molar-refractivity contribution in [1.82, 2.24) is 49.4 Å². The van der Waals surface area contributed by atoms with Crippen LogP contribution < -0.4 is 50.8 Å². The van der Waals surface area contributed by atoms with Crippen LogP contribution in [0.25, 0.3) is 11.6 Å². The Kier molecular flexibility index (Phi) is 40.7. The molecule has 0 radical (unpaired) electrons. The number of ether oxygens (including phenoxy) is 7. The standard InChI is InChI=1S/C18H17F2N5O3.C16H21F2NO3.C12H15F2N3O2.C12H12F2N2O.C11H13F2NO.C10H19NO3.C7H7NO3.C6H4F2O/c1-24-16(26)3-2-15(22-24)17-21-18(23-28-17)25-6-4-13(5-7-25)27-14-9-11(19)8-12(20)10-14;1-16(2,3)22-15(20)19-6-4-13(5-7-19)21-14-9-11(17)8-12(18)10-14;13-8-5-9(14)7-11(6-8)19-10-1-3-17(4-2-10)12(15)16-18;13-9-5-10(14)7-12(6-9)17-11-1-3-16(8-15)4-2-11;12-8-5-9(13)7-11(6-8)15-10-1-3-14-4-2-10;1-10(2,3)14-9(13)11-6-4-8(12)5-7-11;1-8-4-5(7(10)11)2-3-6(8)9;7-4-1-5(8)3-6(9)2-4/h2-3,8-10,13H,4-7H2,1H3;8-10,13H,4-7H2,1-3H3;5-7,10,18H,1-4H2,(H2,15,16);5-7,11H,1-4H2;5-7,10,14H,1-4H2;8,12H,4-7H2,1-3H3;2-4H,1H3,(H,10,11);1-3,9H. The van der Waals surface area contributed by atoms with E-state index in [-0.39, 0.29) is 106 Å². The highest BCUT2D eigenvalue weighted by molar-refractivity contribution is 5.87. The number of aryl methyl sites for hydroxylation is 2. The molecule has 0 bridgehead atoms. The molecule has 0 aliphatic carbocycles. The number of phenols is 1. The Labute approximate surface area is 769 Å². The number of aromatic hydroxyl groups is 1. The summed E-state index contributed by atoms with van der Waals surface area (Å²) in [6.45, 7) is 18.6. The van der Waals surface area contributed by atoms with Gasteiger partial charge in [-0.05, 0) is 97.6 Å². The first-order valence-electron chi connectivity index (χ1n) is 42.9. The number of hydrogen-bond donors (Lipinski definition) is 6. The normalized spacial score (nSPS) is 15.8. The summed E-state index contributed by atoms with van der Waals surface area (Å²) in [4.78, 5) is 68.9. The highest BCUT2D eigenvalue weighted by Gasteiger charge is 2.31. The van der Waals surface area contributed by atoms with Crippen LogP contribution >= 0.6 is 0 Å². The zero-order valence-corrected chi connectivity index (χ0v) is 75.3. The van der Waals surface area contributed by atoms with E-state index in [9.17, 15) is 81.8 Å². The van der Waals surface area contributed by atoms with Crippen LogP contribution in [0.1, 0.15) is 129 Å². The number of amides is 2. The smallest absolute Gasteiger partial charge is 0.410 e. The van der Waals surface area contributed by atoms with Crippen molar-refractivity contribution in [1.29, 1.82) is 5.26 Å². The van der Waals surface area contributed by atoms with Gasteiger partial charge in [-0.15, -0.1) is 0 Å². The number of anilines is 1. The second kappa shape index (κ2) is 51.5. The number of guanidine groups is 1. The molecule has 6 saturated heterocycles. The van der Waals surface area contributed by atoms with Crippen LogP contribution in [0.5, 0.6) is 34.5 Å². The van der Waals surface area contributed by atoms with Crippen molar-refractivity contribution < 1.29 is 125 Å². The van der Waals surface area contributed by atoms with Crippen molar-refractivity contribution in [3.05, 3.63) is 236 Å². The molecule has 3 aromatic heterocycles. The van der Waals surface area contributed by atoms with Gasteiger partial charge in [-0.1, -0.05) is 5.16 Å². The minimum absolute atomic E-state index is 0.0625. The van der Waals surface area contributed by atoms with Crippen molar-refractivity contribution in [3.63, 3.8) is 0 Å². The van der Waals surface area contributed by atoms with Gasteiger partial charge in [-0.2, -0.15) is 15.3 Å². The average Bonchev–Trinajstić information content (AvgIpc) is 1.69. The van der Waals surface area contributed by atoms with Crippen LogP contribution in [-0.4, -0.2) is 215 Å². The van der Waals surface area contributed by atoms with E-state index in [1.807, 2.05) is 46.4 Å². The second-order valence-electron chi connectivity index (χ2n) is 33.4. The molecule has 9 heterocycles. The van der Waals surface area contributed by atoms with E-state index >= 15 is 0 Å². The van der Waals surface area contributed by atoms with Gasteiger partial charge in [0, 0.05) is 258 Å². The number of likely N-dealkylation sites (tertiary alicyclic amines) is 4. The summed E-state index contributed by atoms with van der Waals surface area (Å²) in [5.74, 6) is -7.72. The summed E-state index contributed by atoms with van der Waals surface area (Å²) < 4.78 is 200. The molecule has 0 unspecified atom stereocenters. The third kappa shape index (κ3) is 38.5. The first-order chi connectivity index (χ1) is 63.9. The largest absolute Gasteiger partial charge is 0.508 e. The Morgan fingerprint density at radius 3 is 1.13 bits per heavy atom. The molecule has 0 saturated carbocycles. The van der Waals surface area contributed by atoms with Gasteiger partial charge in [0.25, 0.3) is 17.4 Å². The maximum Gasteiger partial charge on any atom is 0.410 e. The van der Waals surface area contributed by atoms with Gasteiger partial charge < -0.3 is 98.3 Å². The van der Waals surface area contributed by atoms with Crippen molar-refractivity contribution in [2.24, 2.45) is 25.0 Å². The summed E-state index contributed by atoms with van der Waals surface area (Å²) in [5, 5.41) is 57.7. The molecule has 0 spiro atoms. The maximum absolute atomic E-state index is 13.3. The number of nitriles is 1. The van der Waals surface area contributed by atoms with Gasteiger partial charge in [0.1, 0.15) is 152 Å². The van der Waals surface area contributed by atoms with Crippen LogP contribution in [0.4, 0.5) is 68.2 Å². The summed E-state index contributed by atoms with van der Waals surface area (Å²) in [6.07, 6.45) is 10.1.